The quantitative estimate of drug-likeness (QED) is 0.382. The number of piperidine rings is 1. The third kappa shape index (κ3) is 7.29. The molecule has 0 radical (unpaired) electrons. The van der Waals surface area contributed by atoms with Crippen molar-refractivity contribution in [1.82, 2.24) is 4.90 Å². The Morgan fingerprint density at radius 1 is 1.13 bits per heavy atom. The molecule has 2 N–H and O–H groups in total. The summed E-state index contributed by atoms with van der Waals surface area (Å²) in [6.07, 6.45) is 0.140. The number of nitrogens with zero attached hydrogens (tertiary/aromatic N) is 1. The van der Waals surface area contributed by atoms with Gasteiger partial charge < -0.3 is 15.1 Å². The van der Waals surface area contributed by atoms with Gasteiger partial charge in [0, 0.05) is 22.0 Å². The zero-order valence-corrected chi connectivity index (χ0v) is 24.4. The van der Waals surface area contributed by atoms with Gasteiger partial charge in [0.15, 0.2) is 9.84 Å². The van der Waals surface area contributed by atoms with E-state index < -0.39 is 57.0 Å². The highest BCUT2D eigenvalue weighted by molar-refractivity contribution is 7.91. The van der Waals surface area contributed by atoms with E-state index in [1.54, 1.807) is 49.1 Å². The Balaban J connectivity index is 2.23. The number of sulfone groups is 1. The summed E-state index contributed by atoms with van der Waals surface area (Å²) in [6.45, 7) is 6.28. The zero-order valence-electron chi connectivity index (χ0n) is 22.0. The Labute approximate surface area is 234 Å². The molecular weight excluding hydrogens is 549 g/mol. The predicted molar refractivity (Wildman–Crippen MR) is 149 cm³/mol. The number of aliphatic carboxylic acids is 1. The van der Waals surface area contributed by atoms with E-state index in [9.17, 15) is 28.2 Å². The van der Waals surface area contributed by atoms with Crippen LogP contribution in [-0.4, -0.2) is 58.6 Å². The molecule has 3 rings (SSSR count). The van der Waals surface area contributed by atoms with E-state index >= 15 is 0 Å². The Bertz CT molecular complexity index is 1270. The molecule has 1 aliphatic heterocycles. The van der Waals surface area contributed by atoms with E-state index in [1.165, 1.54) is 13.8 Å². The largest absolute Gasteiger partial charge is 0.481 e. The summed E-state index contributed by atoms with van der Waals surface area (Å²) >= 11 is 12.5. The fourth-order valence-electron chi connectivity index (χ4n) is 5.57. The number of halogens is 2. The molecule has 0 aromatic heterocycles. The van der Waals surface area contributed by atoms with Crippen molar-refractivity contribution in [1.29, 1.82) is 0 Å². The van der Waals surface area contributed by atoms with Crippen molar-refractivity contribution in [2.75, 3.05) is 11.5 Å². The lowest BCUT2D eigenvalue weighted by molar-refractivity contribution is -0.160. The SMILES string of the molecule is CCC(CS(=O)(=O)CC(C)(C)O)N1C(=O)[C@@](C)(CC(=O)O)C[C@H](c2cccc(Cl)c2)[C@H]1c1ccc(Cl)cc1. The normalized spacial score (nSPS) is 23.3. The van der Waals surface area contributed by atoms with Gasteiger partial charge in [0.05, 0.1) is 35.0 Å². The molecule has 7 nitrogen and oxygen atoms in total. The maximum atomic E-state index is 14.2. The smallest absolute Gasteiger partial charge is 0.304 e. The van der Waals surface area contributed by atoms with Gasteiger partial charge in [-0.15, -0.1) is 0 Å². The van der Waals surface area contributed by atoms with E-state index in [0.717, 1.165) is 11.1 Å². The van der Waals surface area contributed by atoms with Gasteiger partial charge in [-0.1, -0.05) is 61.3 Å². The maximum absolute atomic E-state index is 14.2. The van der Waals surface area contributed by atoms with Gasteiger partial charge in [-0.2, -0.15) is 0 Å². The molecule has 0 saturated carbocycles. The van der Waals surface area contributed by atoms with Gasteiger partial charge in [-0.05, 0) is 62.1 Å². The summed E-state index contributed by atoms with van der Waals surface area (Å²) in [7, 11) is -3.79. The van der Waals surface area contributed by atoms with Crippen LogP contribution in [0, 0.1) is 5.41 Å². The molecule has 1 fully saturated rings. The summed E-state index contributed by atoms with van der Waals surface area (Å²) in [6, 6.07) is 12.9. The van der Waals surface area contributed by atoms with Crippen LogP contribution in [0.5, 0.6) is 0 Å². The van der Waals surface area contributed by atoms with Gasteiger partial charge >= 0.3 is 5.97 Å². The number of likely N-dealkylation sites (tertiary alicyclic amines) is 1. The zero-order chi connectivity index (χ0) is 28.5. The lowest BCUT2D eigenvalue weighted by atomic mass is 9.67. The minimum atomic E-state index is -3.79. The Morgan fingerprint density at radius 3 is 2.29 bits per heavy atom. The second kappa shape index (κ2) is 11.5. The predicted octanol–water partition coefficient (Wildman–Crippen LogP) is 5.50. The van der Waals surface area contributed by atoms with Crippen molar-refractivity contribution in [2.24, 2.45) is 5.41 Å². The second-order valence-electron chi connectivity index (χ2n) is 11.1. The van der Waals surface area contributed by atoms with Crippen molar-refractivity contribution in [3.8, 4) is 0 Å². The van der Waals surface area contributed by atoms with Crippen LogP contribution in [0.1, 0.15) is 70.0 Å². The van der Waals surface area contributed by atoms with Crippen LogP contribution in [0.4, 0.5) is 0 Å². The van der Waals surface area contributed by atoms with Crippen molar-refractivity contribution in [3.63, 3.8) is 0 Å². The first-order valence-electron chi connectivity index (χ1n) is 12.5. The molecule has 4 atom stereocenters. The lowest BCUT2D eigenvalue weighted by Gasteiger charge is -2.51. The van der Waals surface area contributed by atoms with Gasteiger partial charge in [0.1, 0.15) is 0 Å². The van der Waals surface area contributed by atoms with Crippen molar-refractivity contribution < 1.29 is 28.2 Å². The first kappa shape index (κ1) is 30.4. The van der Waals surface area contributed by atoms with Crippen molar-refractivity contribution in [2.45, 2.75) is 70.6 Å². The summed E-state index contributed by atoms with van der Waals surface area (Å²) in [5.74, 6) is -2.73. The Morgan fingerprint density at radius 2 is 1.76 bits per heavy atom. The van der Waals surface area contributed by atoms with Crippen LogP contribution >= 0.6 is 23.2 Å². The third-order valence-corrected chi connectivity index (χ3v) is 9.54. The Hall–Kier alpha value is -2.13. The molecule has 10 heteroatoms. The molecule has 1 unspecified atom stereocenters. The van der Waals surface area contributed by atoms with Gasteiger partial charge in [0.2, 0.25) is 5.91 Å². The average molecular weight is 585 g/mol. The number of aliphatic hydroxyl groups is 1. The molecule has 2 aromatic rings. The summed E-state index contributed by atoms with van der Waals surface area (Å²) in [5.41, 5.74) is -1.15. The fraction of sp³-hybridized carbons (Fsp3) is 0.500. The van der Waals surface area contributed by atoms with Gasteiger partial charge in [0.25, 0.3) is 0 Å². The molecule has 0 aliphatic carbocycles. The molecule has 208 valence electrons. The van der Waals surface area contributed by atoms with Crippen LogP contribution in [0.15, 0.2) is 48.5 Å². The average Bonchev–Trinajstić information content (AvgIpc) is 2.78. The molecule has 1 heterocycles. The van der Waals surface area contributed by atoms with Crippen LogP contribution in [-0.2, 0) is 19.4 Å². The first-order valence-corrected chi connectivity index (χ1v) is 15.1. The van der Waals surface area contributed by atoms with Gasteiger partial charge in [-0.3, -0.25) is 9.59 Å². The molecule has 0 bridgehead atoms. The number of carbonyl (C=O) groups is 2. The maximum Gasteiger partial charge on any atom is 0.304 e. The number of hydrogen-bond donors (Lipinski definition) is 2. The number of carbonyl (C=O) groups excluding carboxylic acids is 1. The Kier molecular flexibility index (Phi) is 9.24. The third-order valence-electron chi connectivity index (χ3n) is 7.02. The first-order chi connectivity index (χ1) is 17.5. The number of benzene rings is 2. The van der Waals surface area contributed by atoms with Crippen LogP contribution < -0.4 is 0 Å². The number of amides is 1. The number of rotatable bonds is 10. The van der Waals surface area contributed by atoms with Crippen LogP contribution in [0.25, 0.3) is 0 Å². The molecule has 1 saturated heterocycles. The van der Waals surface area contributed by atoms with E-state index in [-0.39, 0.29) is 18.1 Å². The lowest BCUT2D eigenvalue weighted by Crippen LogP contribution is -2.57. The monoisotopic (exact) mass is 583 g/mol. The number of hydrogen-bond acceptors (Lipinski definition) is 5. The molecular formula is C28H35Cl2NO6S. The van der Waals surface area contributed by atoms with Crippen LogP contribution in [0.3, 0.4) is 0 Å². The van der Waals surface area contributed by atoms with Crippen molar-refractivity contribution >= 4 is 44.9 Å². The van der Waals surface area contributed by atoms with E-state index in [1.807, 2.05) is 18.2 Å². The highest BCUT2D eigenvalue weighted by Crippen LogP contribution is 2.52. The van der Waals surface area contributed by atoms with Gasteiger partial charge in [-0.25, -0.2) is 8.42 Å². The second-order valence-corrected chi connectivity index (χ2v) is 14.1. The van der Waals surface area contributed by atoms with E-state index in [0.29, 0.717) is 16.5 Å². The van der Waals surface area contributed by atoms with Crippen molar-refractivity contribution in [3.05, 3.63) is 69.7 Å². The summed E-state index contributed by atoms with van der Waals surface area (Å²) in [4.78, 5) is 27.7. The number of carboxylic acids is 1. The minimum Gasteiger partial charge on any atom is -0.481 e. The highest BCUT2D eigenvalue weighted by atomic mass is 35.5. The molecule has 1 amide bonds. The molecule has 0 spiro atoms. The summed E-state index contributed by atoms with van der Waals surface area (Å²) < 4.78 is 26.3. The summed E-state index contributed by atoms with van der Waals surface area (Å²) in [5, 5.41) is 20.9. The molecule has 1 aliphatic rings. The topological polar surface area (TPSA) is 112 Å². The standard InChI is InChI=1S/C28H35Cl2NO6S/c1-5-22(16-38(36,37)17-27(2,3)35)31-25(18-9-11-20(29)12-10-18)23(19-7-6-8-21(30)13-19)14-28(4,26(31)34)15-24(32)33/h6-13,22-23,25,35H,5,14-17H2,1-4H3,(H,32,33)/t22?,23-,25-,28-/m1/s1. The minimum absolute atomic E-state index is 0.231. The van der Waals surface area contributed by atoms with E-state index in [2.05, 4.69) is 0 Å². The fourth-order valence-corrected chi connectivity index (χ4v) is 8.07. The van der Waals surface area contributed by atoms with Crippen LogP contribution in [0.2, 0.25) is 10.0 Å². The number of carboxylic acid groups (broad SMARTS) is 1. The highest BCUT2D eigenvalue weighted by Gasteiger charge is 2.52. The molecule has 2 aromatic carbocycles. The molecule has 38 heavy (non-hydrogen) atoms. The van der Waals surface area contributed by atoms with E-state index in [4.69, 9.17) is 23.2 Å².